The minimum atomic E-state index is 0.121. The summed E-state index contributed by atoms with van der Waals surface area (Å²) in [4.78, 5) is 14.9. The maximum atomic E-state index is 12.2. The van der Waals surface area contributed by atoms with Gasteiger partial charge in [0.2, 0.25) is 0 Å². The number of piperidine rings is 1. The number of carbonyl (C=O) groups excluding carboxylic acids is 1. The zero-order valence-electron chi connectivity index (χ0n) is 9.41. The quantitative estimate of drug-likeness (QED) is 0.783. The summed E-state index contributed by atoms with van der Waals surface area (Å²) in [5.41, 5.74) is 0. The first-order valence-corrected chi connectivity index (χ1v) is 7.79. The van der Waals surface area contributed by atoms with Crippen molar-refractivity contribution in [2.75, 3.05) is 20.2 Å². The second-order valence-corrected chi connectivity index (χ2v) is 7.18. The predicted octanol–water partition coefficient (Wildman–Crippen LogP) is 3.52. The van der Waals surface area contributed by atoms with Crippen LogP contribution in [-0.4, -0.2) is 37.1 Å². The van der Waals surface area contributed by atoms with Crippen LogP contribution in [0.2, 0.25) is 0 Å². The average molecular weight is 383 g/mol. The Labute approximate surface area is 121 Å². The molecule has 17 heavy (non-hydrogen) atoms. The van der Waals surface area contributed by atoms with Gasteiger partial charge < -0.3 is 9.64 Å². The lowest BCUT2D eigenvalue weighted by molar-refractivity contribution is 0.0353. The molecule has 0 N–H and O–H groups in total. The van der Waals surface area contributed by atoms with Crippen molar-refractivity contribution < 1.29 is 9.53 Å². The fourth-order valence-corrected chi connectivity index (χ4v) is 3.91. The van der Waals surface area contributed by atoms with Crippen molar-refractivity contribution >= 4 is 49.1 Å². The normalized spacial score (nSPS) is 17.5. The van der Waals surface area contributed by atoms with Crippen LogP contribution in [0.1, 0.15) is 22.5 Å². The van der Waals surface area contributed by atoms with E-state index in [-0.39, 0.29) is 5.91 Å². The van der Waals surface area contributed by atoms with Gasteiger partial charge in [-0.1, -0.05) is 0 Å². The molecular weight excluding hydrogens is 370 g/mol. The molecular formula is C11H13Br2NO2S. The number of ether oxygens (including phenoxy) is 1. The van der Waals surface area contributed by atoms with Crippen molar-refractivity contribution in [2.24, 2.45) is 0 Å². The molecule has 0 saturated carbocycles. The molecule has 0 aliphatic carbocycles. The lowest BCUT2D eigenvalue weighted by atomic mass is 10.1. The molecule has 1 aliphatic heterocycles. The van der Waals surface area contributed by atoms with E-state index in [4.69, 9.17) is 4.74 Å². The highest BCUT2D eigenvalue weighted by molar-refractivity contribution is 9.13. The number of amides is 1. The van der Waals surface area contributed by atoms with Gasteiger partial charge in [0.15, 0.2) is 0 Å². The zero-order valence-corrected chi connectivity index (χ0v) is 13.4. The average Bonchev–Trinajstić information content (AvgIpc) is 2.69. The minimum absolute atomic E-state index is 0.121. The molecule has 0 bridgehead atoms. The Bertz CT molecular complexity index is 394. The van der Waals surface area contributed by atoms with Gasteiger partial charge in [-0.05, 0) is 50.8 Å². The Morgan fingerprint density at radius 2 is 2.12 bits per heavy atom. The minimum Gasteiger partial charge on any atom is -0.381 e. The van der Waals surface area contributed by atoms with Gasteiger partial charge in [0.1, 0.15) is 0 Å². The first-order chi connectivity index (χ1) is 8.11. The molecule has 0 spiro atoms. The van der Waals surface area contributed by atoms with Crippen LogP contribution in [0.25, 0.3) is 0 Å². The van der Waals surface area contributed by atoms with E-state index in [1.165, 1.54) is 11.3 Å². The highest BCUT2D eigenvalue weighted by atomic mass is 79.9. The van der Waals surface area contributed by atoms with Crippen molar-refractivity contribution in [3.05, 3.63) is 19.2 Å². The van der Waals surface area contributed by atoms with Crippen molar-refractivity contribution in [1.29, 1.82) is 0 Å². The Kier molecular flexibility index (Phi) is 4.63. The molecule has 1 aliphatic rings. The number of methoxy groups -OCH3 is 1. The summed E-state index contributed by atoms with van der Waals surface area (Å²) in [5, 5.41) is 0. The van der Waals surface area contributed by atoms with E-state index in [1.54, 1.807) is 7.11 Å². The SMILES string of the molecule is COC1CCN(C(=O)c2cc(Br)c(Br)s2)CC1. The molecule has 6 heteroatoms. The van der Waals surface area contributed by atoms with E-state index < -0.39 is 0 Å². The molecule has 1 aromatic heterocycles. The largest absolute Gasteiger partial charge is 0.381 e. The van der Waals surface area contributed by atoms with Crippen LogP contribution >= 0.6 is 43.2 Å². The van der Waals surface area contributed by atoms with Gasteiger partial charge in [-0.3, -0.25) is 4.79 Å². The maximum absolute atomic E-state index is 12.2. The number of rotatable bonds is 2. The van der Waals surface area contributed by atoms with Gasteiger partial charge in [-0.25, -0.2) is 0 Å². The van der Waals surface area contributed by atoms with Gasteiger partial charge in [0.05, 0.1) is 14.8 Å². The lowest BCUT2D eigenvalue weighted by Crippen LogP contribution is -2.40. The number of nitrogens with zero attached hydrogens (tertiary/aromatic N) is 1. The molecule has 3 nitrogen and oxygen atoms in total. The molecule has 0 aromatic carbocycles. The summed E-state index contributed by atoms with van der Waals surface area (Å²) >= 11 is 8.28. The van der Waals surface area contributed by atoms with E-state index in [9.17, 15) is 4.79 Å². The Balaban J connectivity index is 2.01. The van der Waals surface area contributed by atoms with E-state index in [0.717, 1.165) is 39.1 Å². The summed E-state index contributed by atoms with van der Waals surface area (Å²) < 4.78 is 7.21. The number of likely N-dealkylation sites (tertiary alicyclic amines) is 1. The first kappa shape index (κ1) is 13.5. The van der Waals surface area contributed by atoms with Crippen LogP contribution in [0.15, 0.2) is 14.3 Å². The second kappa shape index (κ2) is 5.82. The third-order valence-electron chi connectivity index (χ3n) is 2.92. The van der Waals surface area contributed by atoms with Gasteiger partial charge >= 0.3 is 0 Å². The van der Waals surface area contributed by atoms with Gasteiger partial charge in [-0.2, -0.15) is 0 Å². The van der Waals surface area contributed by atoms with Gasteiger partial charge in [-0.15, -0.1) is 11.3 Å². The van der Waals surface area contributed by atoms with Crippen LogP contribution in [0.5, 0.6) is 0 Å². The molecule has 2 rings (SSSR count). The third-order valence-corrected chi connectivity index (χ3v) is 6.16. The number of hydrogen-bond acceptors (Lipinski definition) is 3. The van der Waals surface area contributed by atoms with Crippen LogP contribution in [0.4, 0.5) is 0 Å². The standard InChI is InChI=1S/C11H13Br2NO2S/c1-16-7-2-4-14(5-3-7)11(15)9-6-8(12)10(13)17-9/h6-7H,2-5H2,1H3. The molecule has 1 fully saturated rings. The fraction of sp³-hybridized carbons (Fsp3) is 0.545. The molecule has 0 atom stereocenters. The van der Waals surface area contributed by atoms with E-state index in [0.29, 0.717) is 6.10 Å². The summed E-state index contributed by atoms with van der Waals surface area (Å²) in [7, 11) is 1.73. The predicted molar refractivity (Wildman–Crippen MR) is 75.7 cm³/mol. The first-order valence-electron chi connectivity index (χ1n) is 5.38. The molecule has 0 radical (unpaired) electrons. The fourth-order valence-electron chi connectivity index (χ4n) is 1.90. The van der Waals surface area contributed by atoms with Crippen LogP contribution in [-0.2, 0) is 4.74 Å². The number of carbonyl (C=O) groups is 1. The number of thiophene rings is 1. The molecule has 1 saturated heterocycles. The summed E-state index contributed by atoms with van der Waals surface area (Å²) in [6, 6.07) is 1.87. The Morgan fingerprint density at radius 1 is 1.47 bits per heavy atom. The number of hydrogen-bond donors (Lipinski definition) is 0. The number of halogens is 2. The smallest absolute Gasteiger partial charge is 0.264 e. The highest BCUT2D eigenvalue weighted by Gasteiger charge is 2.24. The molecule has 94 valence electrons. The van der Waals surface area contributed by atoms with Crippen LogP contribution in [0.3, 0.4) is 0 Å². The van der Waals surface area contributed by atoms with Crippen molar-refractivity contribution in [3.8, 4) is 0 Å². The van der Waals surface area contributed by atoms with E-state index >= 15 is 0 Å². The summed E-state index contributed by atoms with van der Waals surface area (Å²) in [5.74, 6) is 0.121. The van der Waals surface area contributed by atoms with Gasteiger partial charge in [0.25, 0.3) is 5.91 Å². The maximum Gasteiger partial charge on any atom is 0.264 e. The summed E-state index contributed by atoms with van der Waals surface area (Å²) in [6.45, 7) is 1.56. The highest BCUT2D eigenvalue weighted by Crippen LogP contribution is 2.33. The zero-order chi connectivity index (χ0) is 12.4. The lowest BCUT2D eigenvalue weighted by Gasteiger charge is -2.30. The molecule has 0 unspecified atom stereocenters. The van der Waals surface area contributed by atoms with Crippen molar-refractivity contribution in [1.82, 2.24) is 4.90 Å². The Morgan fingerprint density at radius 3 is 2.59 bits per heavy atom. The Hall–Kier alpha value is 0.0900. The summed E-state index contributed by atoms with van der Waals surface area (Å²) in [6.07, 6.45) is 2.16. The molecule has 1 amide bonds. The van der Waals surface area contributed by atoms with E-state index in [1.807, 2.05) is 11.0 Å². The molecule has 2 heterocycles. The topological polar surface area (TPSA) is 29.5 Å². The van der Waals surface area contributed by atoms with Crippen molar-refractivity contribution in [3.63, 3.8) is 0 Å². The van der Waals surface area contributed by atoms with Crippen molar-refractivity contribution in [2.45, 2.75) is 18.9 Å². The van der Waals surface area contributed by atoms with Crippen LogP contribution < -0.4 is 0 Å². The monoisotopic (exact) mass is 381 g/mol. The molecule has 1 aromatic rings. The van der Waals surface area contributed by atoms with Gasteiger partial charge in [0, 0.05) is 24.7 Å². The van der Waals surface area contributed by atoms with E-state index in [2.05, 4.69) is 31.9 Å². The second-order valence-electron chi connectivity index (χ2n) is 3.96. The van der Waals surface area contributed by atoms with Crippen LogP contribution in [0, 0.1) is 0 Å². The third kappa shape index (κ3) is 3.10.